The molecule has 2 aromatic heterocycles. The Morgan fingerprint density at radius 1 is 1.18 bits per heavy atom. The Bertz CT molecular complexity index is 1240. The molecule has 2 heterocycles. The van der Waals surface area contributed by atoms with Crippen LogP contribution in [0.3, 0.4) is 0 Å². The van der Waals surface area contributed by atoms with Gasteiger partial charge < -0.3 is 20.7 Å². The van der Waals surface area contributed by atoms with E-state index in [0.717, 1.165) is 54.4 Å². The molecule has 4 aliphatic carbocycles. The van der Waals surface area contributed by atoms with Crippen LogP contribution in [0.1, 0.15) is 53.6 Å². The molecule has 0 spiro atoms. The van der Waals surface area contributed by atoms with Gasteiger partial charge in [-0.15, -0.1) is 0 Å². The predicted molar refractivity (Wildman–Crippen MR) is 124 cm³/mol. The second kappa shape index (κ2) is 7.60. The number of rotatable bonds is 5. The molecule has 168 valence electrons. The van der Waals surface area contributed by atoms with E-state index in [9.17, 15) is 9.90 Å². The highest BCUT2D eigenvalue weighted by molar-refractivity contribution is 6.06. The van der Waals surface area contributed by atoms with Gasteiger partial charge in [-0.2, -0.15) is 5.26 Å². The first-order valence-electron chi connectivity index (χ1n) is 11.7. The van der Waals surface area contributed by atoms with E-state index in [0.29, 0.717) is 35.4 Å². The molecule has 2 atom stereocenters. The minimum Gasteiger partial charge on any atom is -0.390 e. The molecule has 4 N–H and O–H groups in total. The fourth-order valence-corrected chi connectivity index (χ4v) is 6.69. The molecular weight excluding hydrogens is 414 g/mol. The van der Waals surface area contributed by atoms with Crippen molar-refractivity contribution in [3.63, 3.8) is 0 Å². The van der Waals surface area contributed by atoms with Gasteiger partial charge in [-0.25, -0.2) is 4.98 Å². The summed E-state index contributed by atoms with van der Waals surface area (Å²) in [6.45, 7) is 0.374. The number of nitrogens with zero attached hydrogens (tertiary/aromatic N) is 2. The number of pyridine rings is 1. The van der Waals surface area contributed by atoms with Gasteiger partial charge in [0.2, 0.25) is 0 Å². The quantitative estimate of drug-likeness (QED) is 0.482. The number of carbonyl (C=O) groups excluding carboxylic acids is 1. The van der Waals surface area contributed by atoms with E-state index >= 15 is 0 Å². The van der Waals surface area contributed by atoms with Crippen LogP contribution < -0.4 is 10.6 Å². The summed E-state index contributed by atoms with van der Waals surface area (Å²) in [4.78, 5) is 20.8. The minimum atomic E-state index is -0.488. The Morgan fingerprint density at radius 2 is 1.94 bits per heavy atom. The van der Waals surface area contributed by atoms with Gasteiger partial charge in [0.25, 0.3) is 5.91 Å². The molecule has 0 saturated heterocycles. The number of nitriles is 1. The monoisotopic (exact) mass is 441 g/mol. The highest BCUT2D eigenvalue weighted by Gasteiger charge is 2.54. The average molecular weight is 442 g/mol. The first-order chi connectivity index (χ1) is 16.0. The number of hydrogen-bond acceptors (Lipinski definition) is 5. The third kappa shape index (κ3) is 3.55. The predicted octanol–water partition coefficient (Wildman–Crippen LogP) is 3.72. The summed E-state index contributed by atoms with van der Waals surface area (Å²) >= 11 is 0. The Balaban J connectivity index is 1.27. The summed E-state index contributed by atoms with van der Waals surface area (Å²) in [5.74, 6) is 1.31. The number of carbonyl (C=O) groups is 1. The zero-order valence-electron chi connectivity index (χ0n) is 18.3. The van der Waals surface area contributed by atoms with Gasteiger partial charge in [-0.1, -0.05) is 12.1 Å². The van der Waals surface area contributed by atoms with E-state index in [2.05, 4.69) is 26.7 Å². The number of hydrogen-bond donors (Lipinski definition) is 4. The van der Waals surface area contributed by atoms with Crippen molar-refractivity contribution in [1.29, 1.82) is 5.26 Å². The molecule has 1 aromatic carbocycles. The smallest absolute Gasteiger partial charge is 0.255 e. The molecular formula is C26H27N5O2. The van der Waals surface area contributed by atoms with Gasteiger partial charge in [0.05, 0.1) is 28.5 Å². The molecule has 3 aromatic rings. The van der Waals surface area contributed by atoms with E-state index in [1.165, 1.54) is 0 Å². The highest BCUT2D eigenvalue weighted by atomic mass is 16.3. The zero-order chi connectivity index (χ0) is 22.6. The number of H-pyrrole nitrogens is 1. The van der Waals surface area contributed by atoms with Gasteiger partial charge in [0.15, 0.2) is 0 Å². The lowest BCUT2D eigenvalue weighted by Crippen LogP contribution is -2.59. The second-order valence-corrected chi connectivity index (χ2v) is 10.1. The standard InChI is InChI=1S/C26H27N5O2/c27-12-15-1-3-16(4-2-15)13-30-25(32)21-14-29-24-20(5-6-28-24)23(21)31-22-18-7-17-8-19(22)11-26(33,9-17)10-18/h1-6,14,17-19,22,33H,7-11,13H2,(H,30,32)(H2,28,29,31)/t17?,18?,19?,22-,26+. The summed E-state index contributed by atoms with van der Waals surface area (Å²) < 4.78 is 0. The number of benzene rings is 1. The van der Waals surface area contributed by atoms with E-state index in [4.69, 9.17) is 5.26 Å². The van der Waals surface area contributed by atoms with Crippen molar-refractivity contribution in [1.82, 2.24) is 15.3 Å². The number of anilines is 1. The van der Waals surface area contributed by atoms with Gasteiger partial charge >= 0.3 is 0 Å². The van der Waals surface area contributed by atoms with Crippen LogP contribution in [0.5, 0.6) is 0 Å². The van der Waals surface area contributed by atoms with Crippen molar-refractivity contribution in [3.8, 4) is 6.07 Å². The SMILES string of the molecule is N#Cc1ccc(CNC(=O)c2cnc3[nH]ccc3c2N[C@H]2C3CC4CC2C[C@@](O)(C4)C3)cc1. The van der Waals surface area contributed by atoms with E-state index < -0.39 is 5.60 Å². The average Bonchev–Trinajstić information content (AvgIpc) is 3.28. The van der Waals surface area contributed by atoms with Crippen molar-refractivity contribution < 1.29 is 9.90 Å². The van der Waals surface area contributed by atoms with Crippen molar-refractivity contribution in [3.05, 3.63) is 59.4 Å². The third-order valence-electron chi connectivity index (χ3n) is 7.92. The molecule has 4 bridgehead atoms. The zero-order valence-corrected chi connectivity index (χ0v) is 18.3. The first-order valence-corrected chi connectivity index (χ1v) is 11.7. The molecule has 33 heavy (non-hydrogen) atoms. The lowest BCUT2D eigenvalue weighted by Gasteiger charge is -2.58. The molecule has 2 unspecified atom stereocenters. The van der Waals surface area contributed by atoms with Crippen molar-refractivity contribution in [2.24, 2.45) is 17.8 Å². The van der Waals surface area contributed by atoms with Crippen LogP contribution in [-0.2, 0) is 6.54 Å². The maximum Gasteiger partial charge on any atom is 0.255 e. The molecule has 7 heteroatoms. The van der Waals surface area contributed by atoms with Gasteiger partial charge in [0.1, 0.15) is 5.65 Å². The minimum absolute atomic E-state index is 0.181. The molecule has 7 rings (SSSR count). The molecule has 0 aliphatic heterocycles. The fourth-order valence-electron chi connectivity index (χ4n) is 6.69. The van der Waals surface area contributed by atoms with Crippen LogP contribution in [0.15, 0.2) is 42.7 Å². The number of fused-ring (bicyclic) bond motifs is 1. The van der Waals surface area contributed by atoms with Crippen LogP contribution in [0, 0.1) is 29.1 Å². The van der Waals surface area contributed by atoms with Crippen molar-refractivity contribution >= 4 is 22.6 Å². The van der Waals surface area contributed by atoms with Gasteiger partial charge in [-0.05, 0) is 73.6 Å². The number of nitrogens with one attached hydrogen (secondary N) is 3. The third-order valence-corrected chi connectivity index (χ3v) is 7.92. The Hall–Kier alpha value is -3.37. The maximum absolute atomic E-state index is 13.2. The van der Waals surface area contributed by atoms with Crippen molar-refractivity contribution in [2.75, 3.05) is 5.32 Å². The Morgan fingerprint density at radius 3 is 2.64 bits per heavy atom. The Labute approximate surface area is 192 Å². The van der Waals surface area contributed by atoms with Gasteiger partial charge in [-0.3, -0.25) is 4.79 Å². The molecule has 4 aliphatic rings. The number of aromatic amines is 1. The van der Waals surface area contributed by atoms with E-state index in [1.54, 1.807) is 18.3 Å². The molecule has 0 radical (unpaired) electrons. The fraction of sp³-hybridized carbons (Fsp3) is 0.423. The molecule has 1 amide bonds. The van der Waals surface area contributed by atoms with Gasteiger partial charge in [0, 0.05) is 30.4 Å². The summed E-state index contributed by atoms with van der Waals surface area (Å²) in [5, 5.41) is 27.6. The van der Waals surface area contributed by atoms with Crippen LogP contribution in [0.4, 0.5) is 5.69 Å². The lowest BCUT2D eigenvalue weighted by atomic mass is 9.52. The number of aliphatic hydroxyl groups is 1. The molecule has 4 fully saturated rings. The Kier molecular flexibility index (Phi) is 4.66. The number of aromatic nitrogens is 2. The maximum atomic E-state index is 13.2. The summed E-state index contributed by atoms with van der Waals surface area (Å²) in [6, 6.07) is 11.5. The largest absolute Gasteiger partial charge is 0.390 e. The molecule has 4 saturated carbocycles. The number of amides is 1. The van der Waals surface area contributed by atoms with Crippen LogP contribution in [0.2, 0.25) is 0 Å². The summed E-state index contributed by atoms with van der Waals surface area (Å²) in [6.07, 6.45) is 8.43. The topological polar surface area (TPSA) is 114 Å². The summed E-state index contributed by atoms with van der Waals surface area (Å²) in [7, 11) is 0. The summed E-state index contributed by atoms with van der Waals surface area (Å²) in [5.41, 5.74) is 3.15. The van der Waals surface area contributed by atoms with E-state index in [1.807, 2.05) is 24.4 Å². The lowest BCUT2D eigenvalue weighted by molar-refractivity contribution is -0.129. The van der Waals surface area contributed by atoms with Crippen LogP contribution in [0.25, 0.3) is 11.0 Å². The normalized spacial score (nSPS) is 29.7. The molecule has 7 nitrogen and oxygen atoms in total. The van der Waals surface area contributed by atoms with Crippen molar-refractivity contribution in [2.45, 2.75) is 50.3 Å². The van der Waals surface area contributed by atoms with E-state index in [-0.39, 0.29) is 11.9 Å². The van der Waals surface area contributed by atoms with Crippen LogP contribution >= 0.6 is 0 Å². The highest BCUT2D eigenvalue weighted by Crippen LogP contribution is 2.56. The van der Waals surface area contributed by atoms with Crippen LogP contribution in [-0.4, -0.2) is 32.6 Å². The second-order valence-electron chi connectivity index (χ2n) is 10.1. The first kappa shape index (κ1) is 20.3.